The fourth-order valence-electron chi connectivity index (χ4n) is 2.29. The van der Waals surface area contributed by atoms with Crippen LogP contribution in [0.5, 0.6) is 0 Å². The van der Waals surface area contributed by atoms with Crippen molar-refractivity contribution in [2.75, 3.05) is 6.61 Å². The Bertz CT molecular complexity index is 848. The molecule has 0 fully saturated rings. The van der Waals surface area contributed by atoms with E-state index >= 15 is 0 Å². The molecule has 0 unspecified atom stereocenters. The number of aromatic nitrogens is 1. The molecule has 2 aromatic carbocycles. The maximum atomic E-state index is 11.6. The summed E-state index contributed by atoms with van der Waals surface area (Å²) < 4.78 is 10.1. The van der Waals surface area contributed by atoms with Crippen molar-refractivity contribution < 1.29 is 18.8 Å². The zero-order valence-electron chi connectivity index (χ0n) is 13.1. The Morgan fingerprint density at radius 3 is 2.21 bits per heavy atom. The molecule has 0 aliphatic heterocycles. The first-order valence-corrected chi connectivity index (χ1v) is 7.51. The third-order valence-corrected chi connectivity index (χ3v) is 3.54. The molecule has 5 heteroatoms. The monoisotopic (exact) mass is 321 g/mol. The van der Waals surface area contributed by atoms with Gasteiger partial charge in [0.25, 0.3) is 0 Å². The Hall–Kier alpha value is -3.21. The van der Waals surface area contributed by atoms with Gasteiger partial charge < -0.3 is 9.26 Å². The second-order valence-corrected chi connectivity index (χ2v) is 5.11. The first-order valence-electron chi connectivity index (χ1n) is 7.51. The number of esters is 1. The summed E-state index contributed by atoms with van der Waals surface area (Å²) in [4.78, 5) is 22.3. The summed E-state index contributed by atoms with van der Waals surface area (Å²) >= 11 is 0. The minimum absolute atomic E-state index is 0.153. The highest BCUT2D eigenvalue weighted by Gasteiger charge is 2.14. The van der Waals surface area contributed by atoms with Crippen molar-refractivity contribution >= 4 is 12.3 Å². The largest absolute Gasteiger partial charge is 0.461 e. The van der Waals surface area contributed by atoms with Crippen molar-refractivity contribution in [3.63, 3.8) is 0 Å². The maximum Gasteiger partial charge on any atom is 0.360 e. The SMILES string of the molecule is CCOC(=O)c1cc(-c2ccc(-c3ccc(C=O)cc3)cc2)on1. The van der Waals surface area contributed by atoms with Gasteiger partial charge in [0.05, 0.1) is 6.61 Å². The van der Waals surface area contributed by atoms with Crippen LogP contribution in [0.15, 0.2) is 59.1 Å². The van der Waals surface area contributed by atoms with Crippen molar-refractivity contribution in [3.8, 4) is 22.5 Å². The van der Waals surface area contributed by atoms with E-state index in [1.165, 1.54) is 0 Å². The van der Waals surface area contributed by atoms with E-state index in [4.69, 9.17) is 9.26 Å². The van der Waals surface area contributed by atoms with Crippen LogP contribution in [0.2, 0.25) is 0 Å². The smallest absolute Gasteiger partial charge is 0.360 e. The van der Waals surface area contributed by atoms with Gasteiger partial charge in [0.1, 0.15) is 6.29 Å². The molecule has 0 radical (unpaired) electrons. The van der Waals surface area contributed by atoms with Gasteiger partial charge in [0.15, 0.2) is 11.5 Å². The van der Waals surface area contributed by atoms with Crippen LogP contribution < -0.4 is 0 Å². The fourth-order valence-corrected chi connectivity index (χ4v) is 2.29. The highest BCUT2D eigenvalue weighted by atomic mass is 16.5. The van der Waals surface area contributed by atoms with Crippen LogP contribution in [0.3, 0.4) is 0 Å². The lowest BCUT2D eigenvalue weighted by Crippen LogP contribution is -2.04. The predicted octanol–water partition coefficient (Wildman–Crippen LogP) is 4.00. The van der Waals surface area contributed by atoms with Gasteiger partial charge in [0.2, 0.25) is 0 Å². The second kappa shape index (κ2) is 6.91. The van der Waals surface area contributed by atoms with Crippen LogP contribution >= 0.6 is 0 Å². The van der Waals surface area contributed by atoms with Crippen molar-refractivity contribution in [1.29, 1.82) is 0 Å². The molecule has 0 aliphatic carbocycles. The van der Waals surface area contributed by atoms with Crippen LogP contribution in [0.25, 0.3) is 22.5 Å². The molecular formula is C19H15NO4. The molecule has 3 aromatic rings. The number of hydrogen-bond acceptors (Lipinski definition) is 5. The van der Waals surface area contributed by atoms with Gasteiger partial charge in [-0.15, -0.1) is 0 Å². The number of ether oxygens (including phenoxy) is 1. The lowest BCUT2D eigenvalue weighted by atomic mass is 10.0. The molecule has 0 atom stereocenters. The summed E-state index contributed by atoms with van der Waals surface area (Å²) in [7, 11) is 0. The average Bonchev–Trinajstić information content (AvgIpc) is 3.12. The normalized spacial score (nSPS) is 10.4. The highest BCUT2D eigenvalue weighted by Crippen LogP contribution is 2.25. The van der Waals surface area contributed by atoms with Crippen LogP contribution in [-0.4, -0.2) is 24.0 Å². The standard InChI is InChI=1S/C19H15NO4/c1-2-23-19(22)17-11-18(24-20-17)16-9-7-15(8-10-16)14-5-3-13(12-21)4-6-14/h3-12H,2H2,1H3. The Kier molecular flexibility index (Phi) is 4.52. The van der Waals surface area contributed by atoms with Gasteiger partial charge in [0, 0.05) is 17.2 Å². The molecule has 24 heavy (non-hydrogen) atoms. The molecule has 3 rings (SSSR count). The van der Waals surface area contributed by atoms with Crippen LogP contribution in [-0.2, 0) is 4.74 Å². The molecule has 1 heterocycles. The van der Waals surface area contributed by atoms with Crippen molar-refractivity contribution in [2.45, 2.75) is 6.92 Å². The van der Waals surface area contributed by atoms with Crippen molar-refractivity contribution in [3.05, 3.63) is 65.9 Å². The zero-order chi connectivity index (χ0) is 16.9. The lowest BCUT2D eigenvalue weighted by Gasteiger charge is -2.03. The molecule has 0 bridgehead atoms. The molecule has 5 nitrogen and oxygen atoms in total. The summed E-state index contributed by atoms with van der Waals surface area (Å²) in [5.41, 5.74) is 3.63. The first kappa shape index (κ1) is 15.7. The van der Waals surface area contributed by atoms with Crippen LogP contribution in [0.4, 0.5) is 0 Å². The lowest BCUT2D eigenvalue weighted by molar-refractivity contribution is 0.0514. The van der Waals surface area contributed by atoms with Crippen LogP contribution in [0, 0.1) is 0 Å². The van der Waals surface area contributed by atoms with E-state index in [9.17, 15) is 9.59 Å². The molecule has 0 saturated heterocycles. The quantitative estimate of drug-likeness (QED) is 0.525. The van der Waals surface area contributed by atoms with E-state index < -0.39 is 5.97 Å². The highest BCUT2D eigenvalue weighted by molar-refractivity contribution is 5.88. The predicted molar refractivity (Wildman–Crippen MR) is 88.7 cm³/mol. The minimum Gasteiger partial charge on any atom is -0.461 e. The summed E-state index contributed by atoms with van der Waals surface area (Å²) in [6.45, 7) is 2.03. The summed E-state index contributed by atoms with van der Waals surface area (Å²) in [6.07, 6.45) is 0.817. The average molecular weight is 321 g/mol. The fraction of sp³-hybridized carbons (Fsp3) is 0.105. The number of rotatable bonds is 5. The van der Waals surface area contributed by atoms with E-state index in [1.54, 1.807) is 25.1 Å². The van der Waals surface area contributed by atoms with Gasteiger partial charge in [-0.05, 0) is 18.1 Å². The number of carbonyl (C=O) groups is 2. The Morgan fingerprint density at radius 2 is 1.62 bits per heavy atom. The molecule has 120 valence electrons. The zero-order valence-corrected chi connectivity index (χ0v) is 13.1. The third-order valence-electron chi connectivity index (χ3n) is 3.54. The Balaban J connectivity index is 1.81. The third kappa shape index (κ3) is 3.25. The second-order valence-electron chi connectivity index (χ2n) is 5.11. The van der Waals surface area contributed by atoms with E-state index in [1.807, 2.05) is 36.4 Å². The number of nitrogens with zero attached hydrogens (tertiary/aromatic N) is 1. The summed E-state index contributed by atoms with van der Waals surface area (Å²) in [6, 6.07) is 16.6. The Morgan fingerprint density at radius 1 is 1.04 bits per heavy atom. The number of aldehydes is 1. The van der Waals surface area contributed by atoms with Gasteiger partial charge >= 0.3 is 5.97 Å². The van der Waals surface area contributed by atoms with E-state index in [2.05, 4.69) is 5.16 Å². The molecule has 0 saturated carbocycles. The molecule has 0 aliphatic rings. The Labute approximate surface area is 138 Å². The van der Waals surface area contributed by atoms with Crippen molar-refractivity contribution in [2.24, 2.45) is 0 Å². The van der Waals surface area contributed by atoms with E-state index in [-0.39, 0.29) is 5.69 Å². The van der Waals surface area contributed by atoms with Gasteiger partial charge in [-0.1, -0.05) is 53.7 Å². The van der Waals surface area contributed by atoms with E-state index in [0.29, 0.717) is 17.9 Å². The van der Waals surface area contributed by atoms with E-state index in [0.717, 1.165) is 23.0 Å². The molecular weight excluding hydrogens is 306 g/mol. The summed E-state index contributed by atoms with van der Waals surface area (Å²) in [5.74, 6) is 0.000272. The molecule has 0 N–H and O–H groups in total. The topological polar surface area (TPSA) is 69.4 Å². The number of carbonyl (C=O) groups excluding carboxylic acids is 2. The van der Waals surface area contributed by atoms with Crippen molar-refractivity contribution in [1.82, 2.24) is 5.16 Å². The molecule has 1 aromatic heterocycles. The van der Waals surface area contributed by atoms with Crippen LogP contribution in [0.1, 0.15) is 27.8 Å². The molecule has 0 spiro atoms. The summed E-state index contributed by atoms with van der Waals surface area (Å²) in [5, 5.41) is 3.73. The number of benzene rings is 2. The maximum absolute atomic E-state index is 11.6. The van der Waals surface area contributed by atoms with Gasteiger partial charge in [-0.3, -0.25) is 4.79 Å². The van der Waals surface area contributed by atoms with Gasteiger partial charge in [-0.2, -0.15) is 0 Å². The van der Waals surface area contributed by atoms with Gasteiger partial charge in [-0.25, -0.2) is 4.79 Å². The number of hydrogen-bond donors (Lipinski definition) is 0. The molecule has 0 amide bonds. The first-order chi connectivity index (χ1) is 11.7. The minimum atomic E-state index is -0.501.